The Morgan fingerprint density at radius 1 is 1.18 bits per heavy atom. The van der Waals surface area contributed by atoms with Crippen molar-refractivity contribution in [3.8, 4) is 0 Å². The van der Waals surface area contributed by atoms with E-state index in [2.05, 4.69) is 0 Å². The quantitative estimate of drug-likeness (QED) is 0.598. The lowest BCUT2D eigenvalue weighted by atomic mass is 10.1. The van der Waals surface area contributed by atoms with Crippen LogP contribution in [0.1, 0.15) is 0 Å². The summed E-state index contributed by atoms with van der Waals surface area (Å²) in [6.45, 7) is -0.547. The molecule has 0 aromatic heterocycles. The fourth-order valence-corrected chi connectivity index (χ4v) is 2.10. The average Bonchev–Trinajstić information content (AvgIpc) is 2.77. The summed E-state index contributed by atoms with van der Waals surface area (Å²) < 4.78 is 13.8. The maximum atomic E-state index is 9.81. The lowest BCUT2D eigenvalue weighted by molar-refractivity contribution is -0.188. The van der Waals surface area contributed by atoms with Gasteiger partial charge in [-0.25, -0.2) is 0 Å². The van der Waals surface area contributed by atoms with Gasteiger partial charge < -0.3 is 29.5 Å². The summed E-state index contributed by atoms with van der Waals surface area (Å²) >= 11 is 16.7. The van der Waals surface area contributed by atoms with Gasteiger partial charge in [0.2, 0.25) is 10.1 Å². The number of halogens is 3. The lowest BCUT2D eigenvalue weighted by Crippen LogP contribution is -2.42. The van der Waals surface area contributed by atoms with E-state index in [0.29, 0.717) is 0 Å². The zero-order chi connectivity index (χ0) is 12.8. The maximum Gasteiger partial charge on any atom is 0.241 e. The van der Waals surface area contributed by atoms with Gasteiger partial charge >= 0.3 is 0 Å². The Morgan fingerprint density at radius 2 is 1.82 bits per heavy atom. The summed E-state index contributed by atoms with van der Waals surface area (Å²) in [6, 6.07) is 0. The predicted octanol–water partition coefficient (Wildman–Crippen LogP) is -0.463. The van der Waals surface area contributed by atoms with Gasteiger partial charge in [-0.15, -0.1) is 0 Å². The van der Waals surface area contributed by atoms with Gasteiger partial charge in [0.1, 0.15) is 24.4 Å². The van der Waals surface area contributed by atoms with Gasteiger partial charge in [-0.3, -0.25) is 0 Å². The Labute approximate surface area is 112 Å². The molecule has 6 nitrogen and oxygen atoms in total. The summed E-state index contributed by atoms with van der Waals surface area (Å²) in [5.74, 6) is 0. The maximum absolute atomic E-state index is 9.81. The van der Waals surface area contributed by atoms with Crippen molar-refractivity contribution in [1.82, 2.24) is 0 Å². The SMILES string of the molecule is OC[C@H](O)[C@@H]1O[C@@H]2O[C@H](C(Cl)(Cl)Cl)O[C@H]2[C@@H]1O. The van der Waals surface area contributed by atoms with Crippen LogP contribution in [-0.2, 0) is 14.2 Å². The van der Waals surface area contributed by atoms with E-state index < -0.39 is 47.4 Å². The van der Waals surface area contributed by atoms with Crippen molar-refractivity contribution in [2.75, 3.05) is 6.61 Å². The van der Waals surface area contributed by atoms with E-state index >= 15 is 0 Å². The van der Waals surface area contributed by atoms with E-state index in [1.807, 2.05) is 0 Å². The number of fused-ring (bicyclic) bond motifs is 1. The first kappa shape index (κ1) is 14.0. The highest BCUT2D eigenvalue weighted by Crippen LogP contribution is 2.42. The molecule has 9 heteroatoms. The number of hydrogen-bond acceptors (Lipinski definition) is 6. The molecule has 3 N–H and O–H groups in total. The van der Waals surface area contributed by atoms with E-state index in [1.165, 1.54) is 0 Å². The van der Waals surface area contributed by atoms with Crippen LogP contribution in [0.4, 0.5) is 0 Å². The second-order valence-corrected chi connectivity index (χ2v) is 6.19. The highest BCUT2D eigenvalue weighted by molar-refractivity contribution is 6.67. The predicted molar refractivity (Wildman–Crippen MR) is 57.8 cm³/mol. The van der Waals surface area contributed by atoms with Gasteiger partial charge in [-0.1, -0.05) is 34.8 Å². The summed E-state index contributed by atoms with van der Waals surface area (Å²) in [5, 5.41) is 28.0. The highest BCUT2D eigenvalue weighted by atomic mass is 35.6. The molecule has 0 radical (unpaired) electrons. The lowest BCUT2D eigenvalue weighted by Gasteiger charge is -2.24. The molecule has 17 heavy (non-hydrogen) atoms. The molecule has 0 amide bonds. The monoisotopic (exact) mass is 308 g/mol. The number of aliphatic hydroxyl groups excluding tert-OH is 3. The van der Waals surface area contributed by atoms with Gasteiger partial charge in [0, 0.05) is 0 Å². The van der Waals surface area contributed by atoms with E-state index in [4.69, 9.17) is 54.1 Å². The van der Waals surface area contributed by atoms with Gasteiger partial charge in [-0.05, 0) is 0 Å². The Bertz CT molecular complexity index is 285. The molecule has 0 aromatic rings. The summed E-state index contributed by atoms with van der Waals surface area (Å²) in [6.07, 6.45) is -6.33. The molecule has 2 saturated heterocycles. The van der Waals surface area contributed by atoms with E-state index in [9.17, 15) is 10.2 Å². The molecule has 0 saturated carbocycles. The third-order valence-electron chi connectivity index (χ3n) is 2.60. The minimum absolute atomic E-state index is 0.547. The fourth-order valence-electron chi connectivity index (χ4n) is 1.79. The molecule has 0 unspecified atom stereocenters. The first-order valence-corrected chi connectivity index (χ1v) is 5.98. The van der Waals surface area contributed by atoms with Crippen LogP contribution in [-0.4, -0.2) is 62.7 Å². The van der Waals surface area contributed by atoms with Gasteiger partial charge in [0.25, 0.3) is 0 Å². The van der Waals surface area contributed by atoms with Crippen molar-refractivity contribution in [3.63, 3.8) is 0 Å². The van der Waals surface area contributed by atoms with Crippen LogP contribution in [0, 0.1) is 0 Å². The van der Waals surface area contributed by atoms with Crippen molar-refractivity contribution >= 4 is 34.8 Å². The van der Waals surface area contributed by atoms with Crippen LogP contribution in [0.3, 0.4) is 0 Å². The van der Waals surface area contributed by atoms with Crippen LogP contribution in [0.2, 0.25) is 0 Å². The molecule has 6 atom stereocenters. The summed E-state index contributed by atoms with van der Waals surface area (Å²) in [4.78, 5) is 0. The standard InChI is InChI=1S/C8H11Cl3O6/c9-8(10,11)7-16-5-3(14)4(2(13)1-12)15-6(5)17-7/h2-7,12-14H,1H2/t2-,3+,4-,5-,6+,7+/m0/s1. The molecular formula is C8H11Cl3O6. The summed E-state index contributed by atoms with van der Waals surface area (Å²) in [7, 11) is 0. The molecule has 2 aliphatic heterocycles. The van der Waals surface area contributed by atoms with Crippen molar-refractivity contribution in [2.24, 2.45) is 0 Å². The minimum Gasteiger partial charge on any atom is -0.394 e. The van der Waals surface area contributed by atoms with E-state index in [-0.39, 0.29) is 0 Å². The van der Waals surface area contributed by atoms with Crippen LogP contribution in [0.25, 0.3) is 0 Å². The third-order valence-corrected chi connectivity index (χ3v) is 3.14. The van der Waals surface area contributed by atoms with Crippen LogP contribution < -0.4 is 0 Å². The number of ether oxygens (including phenoxy) is 3. The van der Waals surface area contributed by atoms with Crippen molar-refractivity contribution < 1.29 is 29.5 Å². The van der Waals surface area contributed by atoms with Crippen LogP contribution >= 0.6 is 34.8 Å². The molecule has 0 bridgehead atoms. The Hall–Kier alpha value is 0.630. The topological polar surface area (TPSA) is 88.4 Å². The molecule has 0 spiro atoms. The molecule has 100 valence electrons. The van der Waals surface area contributed by atoms with Crippen LogP contribution in [0.5, 0.6) is 0 Å². The van der Waals surface area contributed by atoms with Gasteiger partial charge in [0.05, 0.1) is 6.61 Å². The fraction of sp³-hybridized carbons (Fsp3) is 1.00. The second-order valence-electron chi connectivity index (χ2n) is 3.82. The highest BCUT2D eigenvalue weighted by Gasteiger charge is 2.57. The first-order chi connectivity index (χ1) is 7.84. The Balaban J connectivity index is 2.01. The van der Waals surface area contributed by atoms with E-state index in [1.54, 1.807) is 0 Å². The third kappa shape index (κ3) is 2.65. The molecular weight excluding hydrogens is 298 g/mol. The largest absolute Gasteiger partial charge is 0.394 e. The Morgan fingerprint density at radius 3 is 2.29 bits per heavy atom. The van der Waals surface area contributed by atoms with E-state index in [0.717, 1.165) is 0 Å². The molecule has 2 fully saturated rings. The zero-order valence-electron chi connectivity index (χ0n) is 8.37. The number of aliphatic hydroxyl groups is 3. The van der Waals surface area contributed by atoms with Gasteiger partial charge in [-0.2, -0.15) is 0 Å². The number of hydrogen-bond donors (Lipinski definition) is 3. The number of rotatable bonds is 2. The average molecular weight is 310 g/mol. The van der Waals surface area contributed by atoms with Crippen LogP contribution in [0.15, 0.2) is 0 Å². The Kier molecular flexibility index (Phi) is 4.10. The first-order valence-electron chi connectivity index (χ1n) is 4.84. The summed E-state index contributed by atoms with van der Waals surface area (Å²) in [5.41, 5.74) is 0. The molecule has 2 rings (SSSR count). The number of alkyl halides is 3. The van der Waals surface area contributed by atoms with Crippen molar-refractivity contribution in [1.29, 1.82) is 0 Å². The van der Waals surface area contributed by atoms with Crippen molar-refractivity contribution in [3.05, 3.63) is 0 Å². The normalized spacial score (nSPS) is 43.8. The molecule has 0 aliphatic carbocycles. The smallest absolute Gasteiger partial charge is 0.241 e. The molecule has 2 aliphatic rings. The van der Waals surface area contributed by atoms with Gasteiger partial charge in [0.15, 0.2) is 6.29 Å². The molecule has 2 heterocycles. The van der Waals surface area contributed by atoms with Crippen molar-refractivity contribution in [2.45, 2.75) is 40.8 Å². The molecule has 0 aromatic carbocycles. The second kappa shape index (κ2) is 4.96. The zero-order valence-corrected chi connectivity index (χ0v) is 10.6. The minimum atomic E-state index is -1.79.